The summed E-state index contributed by atoms with van der Waals surface area (Å²) in [5, 5.41) is 0. The van der Waals surface area contributed by atoms with E-state index in [1.807, 2.05) is 49.4 Å². The number of nitrogens with two attached hydrogens (primary N) is 1. The van der Waals surface area contributed by atoms with Crippen molar-refractivity contribution in [2.24, 2.45) is 11.8 Å². The summed E-state index contributed by atoms with van der Waals surface area (Å²) < 4.78 is 5.97. The van der Waals surface area contributed by atoms with Crippen LogP contribution in [0, 0.1) is 5.92 Å². The van der Waals surface area contributed by atoms with Crippen molar-refractivity contribution < 1.29 is 14.3 Å². The molecule has 0 bridgehead atoms. The molecule has 6 heteroatoms. The molecule has 0 radical (unpaired) electrons. The molecule has 3 N–H and O–H groups in total. The fraction of sp³-hybridized carbons (Fsp3) is 0.364. The van der Waals surface area contributed by atoms with Gasteiger partial charge in [0, 0.05) is 19.0 Å². The molecule has 0 saturated carbocycles. The Balaban J connectivity index is 1.59. The number of benzene rings is 2. The van der Waals surface area contributed by atoms with Crippen LogP contribution in [0.1, 0.15) is 26.2 Å². The Morgan fingerprint density at radius 1 is 1.07 bits per heavy atom. The first-order valence-corrected chi connectivity index (χ1v) is 9.73. The minimum Gasteiger partial charge on any atom is -0.481 e. The van der Waals surface area contributed by atoms with Gasteiger partial charge in [-0.1, -0.05) is 49.4 Å². The molecule has 2 aromatic carbocycles. The van der Waals surface area contributed by atoms with Gasteiger partial charge >= 0.3 is 0 Å². The topological polar surface area (TPSA) is 84.7 Å². The second kappa shape index (κ2) is 9.37. The van der Waals surface area contributed by atoms with Crippen LogP contribution in [0.25, 0.3) is 11.1 Å². The smallest absolute Gasteiger partial charge is 0.263 e. The molecule has 0 aromatic heterocycles. The van der Waals surface area contributed by atoms with Crippen LogP contribution in [0.2, 0.25) is 0 Å². The number of carbonyl (C=O) groups excluding carboxylic acids is 2. The summed E-state index contributed by atoms with van der Waals surface area (Å²) in [5.41, 5.74) is 4.44. The number of ether oxygens (including phenoxy) is 1. The molecular formula is C22H27N3O3. The normalized spacial score (nSPS) is 15.7. The van der Waals surface area contributed by atoms with Crippen LogP contribution >= 0.6 is 0 Å². The lowest BCUT2D eigenvalue weighted by Gasteiger charge is -2.33. The van der Waals surface area contributed by atoms with Crippen molar-refractivity contribution in [3.63, 3.8) is 0 Å². The Hall–Kier alpha value is -2.86. The molecule has 28 heavy (non-hydrogen) atoms. The van der Waals surface area contributed by atoms with Crippen molar-refractivity contribution in [3.8, 4) is 16.9 Å². The Morgan fingerprint density at radius 2 is 1.68 bits per heavy atom. The Labute approximate surface area is 165 Å². The van der Waals surface area contributed by atoms with Crippen molar-refractivity contribution in [1.29, 1.82) is 0 Å². The molecule has 148 valence electrons. The van der Waals surface area contributed by atoms with Gasteiger partial charge in [0.25, 0.3) is 5.91 Å². The molecule has 0 spiro atoms. The average Bonchev–Trinajstić information content (AvgIpc) is 2.77. The maximum Gasteiger partial charge on any atom is 0.263 e. The molecule has 1 unspecified atom stereocenters. The van der Waals surface area contributed by atoms with E-state index < -0.39 is 6.10 Å². The highest BCUT2D eigenvalue weighted by atomic mass is 16.5. The number of amides is 2. The SMILES string of the molecule is CCC(Oc1ccc(-c2ccccc2)cc1)C(=O)N1CCC(C(=O)NN)CC1. The van der Waals surface area contributed by atoms with Gasteiger partial charge < -0.3 is 9.64 Å². The van der Waals surface area contributed by atoms with E-state index in [2.05, 4.69) is 17.6 Å². The summed E-state index contributed by atoms with van der Waals surface area (Å²) in [6, 6.07) is 17.9. The van der Waals surface area contributed by atoms with Gasteiger partial charge in [-0.25, -0.2) is 5.84 Å². The van der Waals surface area contributed by atoms with E-state index in [1.165, 1.54) is 0 Å². The number of likely N-dealkylation sites (tertiary alicyclic amines) is 1. The summed E-state index contributed by atoms with van der Waals surface area (Å²) in [4.78, 5) is 26.3. The van der Waals surface area contributed by atoms with Gasteiger partial charge in [0.15, 0.2) is 6.10 Å². The quantitative estimate of drug-likeness (QED) is 0.458. The Morgan fingerprint density at radius 3 is 2.25 bits per heavy atom. The molecule has 1 aliphatic rings. The van der Waals surface area contributed by atoms with Gasteiger partial charge in [-0.15, -0.1) is 0 Å². The minimum atomic E-state index is -0.525. The molecule has 6 nitrogen and oxygen atoms in total. The zero-order chi connectivity index (χ0) is 19.9. The van der Waals surface area contributed by atoms with E-state index in [9.17, 15) is 9.59 Å². The van der Waals surface area contributed by atoms with E-state index in [-0.39, 0.29) is 17.7 Å². The first kappa shape index (κ1) is 19.9. The molecule has 1 aliphatic heterocycles. The average molecular weight is 381 g/mol. The third kappa shape index (κ3) is 4.70. The van der Waals surface area contributed by atoms with Gasteiger partial charge in [0.2, 0.25) is 5.91 Å². The highest BCUT2D eigenvalue weighted by Crippen LogP contribution is 2.24. The summed E-state index contributed by atoms with van der Waals surface area (Å²) in [6.07, 6.45) is 1.30. The van der Waals surface area contributed by atoms with Crippen LogP contribution in [-0.4, -0.2) is 35.9 Å². The van der Waals surface area contributed by atoms with E-state index in [0.717, 1.165) is 11.1 Å². The maximum atomic E-state index is 12.8. The predicted molar refractivity (Wildman–Crippen MR) is 108 cm³/mol. The van der Waals surface area contributed by atoms with Crippen LogP contribution < -0.4 is 16.0 Å². The zero-order valence-corrected chi connectivity index (χ0v) is 16.1. The van der Waals surface area contributed by atoms with Crippen LogP contribution in [0.3, 0.4) is 0 Å². The Bertz CT molecular complexity index is 784. The third-order valence-corrected chi connectivity index (χ3v) is 5.21. The first-order valence-electron chi connectivity index (χ1n) is 9.73. The molecule has 1 atom stereocenters. The first-order chi connectivity index (χ1) is 13.6. The van der Waals surface area contributed by atoms with Crippen LogP contribution in [0.15, 0.2) is 54.6 Å². The number of hydrogen-bond donors (Lipinski definition) is 2. The summed E-state index contributed by atoms with van der Waals surface area (Å²) in [6.45, 7) is 3.03. The largest absolute Gasteiger partial charge is 0.481 e. The maximum absolute atomic E-state index is 12.8. The van der Waals surface area contributed by atoms with Crippen molar-refractivity contribution in [2.45, 2.75) is 32.3 Å². The zero-order valence-electron chi connectivity index (χ0n) is 16.1. The monoisotopic (exact) mass is 381 g/mol. The second-order valence-electron chi connectivity index (χ2n) is 7.01. The fourth-order valence-electron chi connectivity index (χ4n) is 3.51. The van der Waals surface area contributed by atoms with E-state index in [4.69, 9.17) is 10.6 Å². The molecule has 3 rings (SSSR count). The van der Waals surface area contributed by atoms with Gasteiger partial charge in [-0.3, -0.25) is 15.0 Å². The molecule has 0 aliphatic carbocycles. The van der Waals surface area contributed by atoms with E-state index >= 15 is 0 Å². The van der Waals surface area contributed by atoms with Crippen molar-refractivity contribution in [3.05, 3.63) is 54.6 Å². The molecule has 1 saturated heterocycles. The number of nitrogens with zero attached hydrogens (tertiary/aromatic N) is 1. The van der Waals surface area contributed by atoms with Crippen LogP contribution in [-0.2, 0) is 9.59 Å². The van der Waals surface area contributed by atoms with E-state index in [0.29, 0.717) is 38.1 Å². The highest BCUT2D eigenvalue weighted by Gasteiger charge is 2.30. The lowest BCUT2D eigenvalue weighted by molar-refractivity contribution is -0.142. The standard InChI is InChI=1S/C22H27N3O3/c1-2-20(22(27)25-14-12-18(13-15-25)21(26)24-23)28-19-10-8-17(9-11-19)16-6-4-3-5-7-16/h3-11,18,20H,2,12-15,23H2,1H3,(H,24,26). The lowest BCUT2D eigenvalue weighted by Crippen LogP contribution is -2.48. The minimum absolute atomic E-state index is 0.0266. The van der Waals surface area contributed by atoms with Gasteiger partial charge in [0.05, 0.1) is 0 Å². The fourth-order valence-corrected chi connectivity index (χ4v) is 3.51. The van der Waals surface area contributed by atoms with Crippen molar-refractivity contribution in [1.82, 2.24) is 10.3 Å². The van der Waals surface area contributed by atoms with Crippen molar-refractivity contribution >= 4 is 11.8 Å². The third-order valence-electron chi connectivity index (χ3n) is 5.21. The van der Waals surface area contributed by atoms with Gasteiger partial charge in [0.1, 0.15) is 5.75 Å². The van der Waals surface area contributed by atoms with Crippen LogP contribution in [0.5, 0.6) is 5.75 Å². The van der Waals surface area contributed by atoms with Gasteiger partial charge in [-0.2, -0.15) is 0 Å². The molecule has 1 heterocycles. The van der Waals surface area contributed by atoms with E-state index in [1.54, 1.807) is 4.90 Å². The number of carbonyl (C=O) groups is 2. The van der Waals surface area contributed by atoms with Crippen molar-refractivity contribution in [2.75, 3.05) is 13.1 Å². The molecule has 1 fully saturated rings. The summed E-state index contributed by atoms with van der Waals surface area (Å²) >= 11 is 0. The van der Waals surface area contributed by atoms with Crippen LogP contribution in [0.4, 0.5) is 0 Å². The second-order valence-corrected chi connectivity index (χ2v) is 7.01. The highest BCUT2D eigenvalue weighted by molar-refractivity contribution is 5.82. The summed E-state index contributed by atoms with van der Waals surface area (Å²) in [7, 11) is 0. The van der Waals surface area contributed by atoms with Gasteiger partial charge in [-0.05, 0) is 42.5 Å². The molecule has 2 aromatic rings. The lowest BCUT2D eigenvalue weighted by atomic mass is 9.96. The number of hydrazine groups is 1. The molecule has 2 amide bonds. The Kier molecular flexibility index (Phi) is 6.66. The number of hydrogen-bond acceptors (Lipinski definition) is 4. The summed E-state index contributed by atoms with van der Waals surface area (Å²) in [5.74, 6) is 5.57. The molecular weight excluding hydrogens is 354 g/mol. The number of rotatable bonds is 6. The number of piperidine rings is 1. The predicted octanol–water partition coefficient (Wildman–Crippen LogP) is 2.74. The number of nitrogens with one attached hydrogen (secondary N) is 1.